The highest BCUT2D eigenvalue weighted by atomic mass is 32.2. The van der Waals surface area contributed by atoms with Gasteiger partial charge in [-0.2, -0.15) is 9.44 Å². The molecule has 1 saturated heterocycles. The van der Waals surface area contributed by atoms with Crippen molar-refractivity contribution in [2.24, 2.45) is 0 Å². The van der Waals surface area contributed by atoms with Crippen LogP contribution in [0.15, 0.2) is 119 Å². The van der Waals surface area contributed by atoms with Crippen molar-refractivity contribution in [1.29, 1.82) is 0 Å². The van der Waals surface area contributed by atoms with Crippen molar-refractivity contribution >= 4 is 53.7 Å². The Kier molecular flexibility index (Phi) is 13.5. The standard InChI is InChI=1S/C44H50N6O8S2/c1-31-11-15-35(16-12-31)59(53,54)47-41(27-33-29-45-39-9-5-3-7-37(33)39)43(51)49-19-23-57-25-21-50(22-26-58-24-20-49)44(52)42(28-34-30-46-40-10-6-4-8-38(34)40)48-60(55,56)36-17-13-32(2)14-18-36/h3-18,29-30,41-42,45-48H,19-28H2,1-2H3/t41-,42+. The number of H-pyrrole nitrogens is 2. The summed E-state index contributed by atoms with van der Waals surface area (Å²) in [5, 5.41) is 1.77. The van der Waals surface area contributed by atoms with Crippen molar-refractivity contribution in [2.45, 2.75) is 48.6 Å². The van der Waals surface area contributed by atoms with Crippen LogP contribution in [0.4, 0.5) is 0 Å². The summed E-state index contributed by atoms with van der Waals surface area (Å²) < 4.78 is 72.1. The normalized spacial score (nSPS) is 16.0. The summed E-state index contributed by atoms with van der Waals surface area (Å²) in [6.07, 6.45) is 3.77. The van der Waals surface area contributed by atoms with Crippen molar-refractivity contribution in [3.8, 4) is 0 Å². The molecule has 6 aromatic rings. The van der Waals surface area contributed by atoms with Gasteiger partial charge in [0, 0.05) is 60.4 Å². The van der Waals surface area contributed by atoms with Gasteiger partial charge in [-0.15, -0.1) is 0 Å². The first-order chi connectivity index (χ1) is 28.9. The van der Waals surface area contributed by atoms with E-state index in [0.29, 0.717) is 0 Å². The lowest BCUT2D eigenvalue weighted by Crippen LogP contribution is -2.52. The fourth-order valence-corrected chi connectivity index (χ4v) is 9.73. The Morgan fingerprint density at radius 3 is 1.28 bits per heavy atom. The molecule has 2 aromatic heterocycles. The Morgan fingerprint density at radius 2 is 0.917 bits per heavy atom. The Morgan fingerprint density at radius 1 is 0.567 bits per heavy atom. The number of ether oxygens (including phenoxy) is 2. The molecule has 2 atom stereocenters. The Hall–Kier alpha value is -5.36. The smallest absolute Gasteiger partial charge is 0.241 e. The van der Waals surface area contributed by atoms with E-state index in [1.807, 2.05) is 62.4 Å². The van der Waals surface area contributed by atoms with E-state index < -0.39 is 43.9 Å². The van der Waals surface area contributed by atoms with Crippen molar-refractivity contribution in [3.05, 3.63) is 132 Å². The van der Waals surface area contributed by atoms with Crippen LogP contribution in [0.5, 0.6) is 0 Å². The van der Waals surface area contributed by atoms with E-state index in [1.54, 1.807) is 46.5 Å². The largest absolute Gasteiger partial charge is 0.378 e. The van der Waals surface area contributed by atoms with E-state index >= 15 is 0 Å². The highest BCUT2D eigenvalue weighted by Gasteiger charge is 2.32. The number of nitrogens with one attached hydrogen (secondary N) is 4. The predicted octanol–water partition coefficient (Wildman–Crippen LogP) is 4.45. The summed E-state index contributed by atoms with van der Waals surface area (Å²) in [4.78, 5) is 38.3. The van der Waals surface area contributed by atoms with Crippen LogP contribution in [-0.4, -0.2) is 113 Å². The van der Waals surface area contributed by atoms with Crippen molar-refractivity contribution in [2.75, 3.05) is 52.6 Å². The van der Waals surface area contributed by atoms with E-state index in [1.165, 1.54) is 24.3 Å². The number of carbonyl (C=O) groups excluding carboxylic acids is 2. The zero-order valence-corrected chi connectivity index (χ0v) is 35.2. The molecule has 1 fully saturated rings. The average Bonchev–Trinajstić information content (AvgIpc) is 3.84. The van der Waals surface area contributed by atoms with Crippen LogP contribution in [0, 0.1) is 13.8 Å². The quantitative estimate of drug-likeness (QED) is 0.139. The molecule has 1 aliphatic heterocycles. The third-order valence-electron chi connectivity index (χ3n) is 10.7. The molecule has 16 heteroatoms. The second-order valence-electron chi connectivity index (χ2n) is 15.0. The Balaban J connectivity index is 1.05. The third kappa shape index (κ3) is 10.3. The van der Waals surface area contributed by atoms with E-state index in [4.69, 9.17) is 9.47 Å². The molecule has 0 radical (unpaired) electrons. The number of para-hydroxylation sites is 2. The maximum Gasteiger partial charge on any atom is 0.241 e. The first-order valence-electron chi connectivity index (χ1n) is 19.9. The highest BCUT2D eigenvalue weighted by Crippen LogP contribution is 2.23. The van der Waals surface area contributed by atoms with Crippen LogP contribution in [0.2, 0.25) is 0 Å². The predicted molar refractivity (Wildman–Crippen MR) is 229 cm³/mol. The van der Waals surface area contributed by atoms with Gasteiger partial charge in [0.2, 0.25) is 31.9 Å². The number of benzene rings is 4. The topological polar surface area (TPSA) is 183 Å². The minimum atomic E-state index is -4.09. The van der Waals surface area contributed by atoms with Crippen LogP contribution >= 0.6 is 0 Å². The van der Waals surface area contributed by atoms with Crippen LogP contribution in [-0.2, 0) is 52.0 Å². The molecule has 4 aromatic carbocycles. The number of nitrogens with zero attached hydrogens (tertiary/aromatic N) is 2. The molecule has 3 heterocycles. The molecule has 4 N–H and O–H groups in total. The molecule has 2 amide bonds. The number of carbonyl (C=O) groups is 2. The number of aromatic nitrogens is 2. The van der Waals surface area contributed by atoms with Gasteiger partial charge < -0.3 is 29.2 Å². The fraction of sp³-hybridized carbons (Fsp3) is 0.318. The number of aryl methyl sites for hydroxylation is 2. The average molecular weight is 855 g/mol. The van der Waals surface area contributed by atoms with Crippen LogP contribution in [0.3, 0.4) is 0 Å². The van der Waals surface area contributed by atoms with Crippen LogP contribution in [0.25, 0.3) is 21.8 Å². The summed E-state index contributed by atoms with van der Waals surface area (Å²) >= 11 is 0. The molecule has 60 heavy (non-hydrogen) atoms. The number of hydrogen-bond acceptors (Lipinski definition) is 8. The van der Waals surface area contributed by atoms with E-state index in [2.05, 4.69) is 19.4 Å². The Labute approximate surface area is 350 Å². The number of rotatable bonds is 12. The van der Waals surface area contributed by atoms with Gasteiger partial charge in [-0.3, -0.25) is 9.59 Å². The summed E-state index contributed by atoms with van der Waals surface area (Å²) in [5.74, 6) is -0.865. The lowest BCUT2D eigenvalue weighted by atomic mass is 10.0. The number of sulfonamides is 2. The Bertz CT molecular complexity index is 2450. The van der Waals surface area contributed by atoms with Crippen molar-refractivity contribution < 1.29 is 35.9 Å². The van der Waals surface area contributed by atoms with E-state index in [0.717, 1.165) is 44.1 Å². The number of amides is 2. The molecule has 0 spiro atoms. The maximum absolute atomic E-state index is 14.4. The number of hydrogen-bond donors (Lipinski definition) is 4. The first kappa shape index (κ1) is 42.8. The van der Waals surface area contributed by atoms with Crippen LogP contribution in [0.1, 0.15) is 22.3 Å². The van der Waals surface area contributed by atoms with Gasteiger partial charge in [-0.25, -0.2) is 16.8 Å². The fourth-order valence-electron chi connectivity index (χ4n) is 7.35. The molecular formula is C44H50N6O8S2. The van der Waals surface area contributed by atoms with Gasteiger partial charge in [-0.1, -0.05) is 71.8 Å². The molecule has 316 valence electrons. The summed E-state index contributed by atoms with van der Waals surface area (Å²) in [6, 6.07) is 25.8. The minimum absolute atomic E-state index is 0.0518. The second kappa shape index (κ2) is 18.9. The maximum atomic E-state index is 14.4. The second-order valence-corrected chi connectivity index (χ2v) is 18.4. The lowest BCUT2D eigenvalue weighted by molar-refractivity contribution is -0.136. The number of fused-ring (bicyclic) bond motifs is 2. The minimum Gasteiger partial charge on any atom is -0.378 e. The van der Waals surface area contributed by atoms with Gasteiger partial charge in [0.1, 0.15) is 12.1 Å². The van der Waals surface area contributed by atoms with E-state index in [-0.39, 0.29) is 75.2 Å². The third-order valence-corrected chi connectivity index (χ3v) is 13.7. The van der Waals surface area contributed by atoms with E-state index in [9.17, 15) is 26.4 Å². The van der Waals surface area contributed by atoms with Gasteiger partial charge in [-0.05, 0) is 74.2 Å². The van der Waals surface area contributed by atoms with Crippen molar-refractivity contribution in [3.63, 3.8) is 0 Å². The molecular weight excluding hydrogens is 805 g/mol. The molecule has 0 unspecified atom stereocenters. The number of aromatic amines is 2. The highest BCUT2D eigenvalue weighted by molar-refractivity contribution is 7.89. The summed E-state index contributed by atoms with van der Waals surface area (Å²) in [5.41, 5.74) is 5.11. The van der Waals surface area contributed by atoms with Gasteiger partial charge in [0.05, 0.1) is 36.2 Å². The zero-order valence-electron chi connectivity index (χ0n) is 33.6. The molecule has 1 aliphatic rings. The molecule has 14 nitrogen and oxygen atoms in total. The molecule has 0 saturated carbocycles. The van der Waals surface area contributed by atoms with Gasteiger partial charge in [0.15, 0.2) is 0 Å². The SMILES string of the molecule is Cc1ccc(S(=O)(=O)N[C@@H](Cc2c[nH]c3ccccc23)C(=O)N2CCOCCN(C(=O)[C@@H](Cc3c[nH]c4ccccc34)NS(=O)(=O)c3ccc(C)cc3)CCOCC2)cc1. The summed E-state index contributed by atoms with van der Waals surface area (Å²) in [7, 11) is -8.17. The first-order valence-corrected chi connectivity index (χ1v) is 22.9. The zero-order chi connectivity index (χ0) is 42.3. The molecule has 0 aliphatic carbocycles. The lowest BCUT2D eigenvalue weighted by Gasteiger charge is -2.30. The molecule has 0 bridgehead atoms. The molecule has 7 rings (SSSR count). The van der Waals surface area contributed by atoms with Gasteiger partial charge in [0.25, 0.3) is 0 Å². The van der Waals surface area contributed by atoms with Crippen LogP contribution < -0.4 is 9.44 Å². The van der Waals surface area contributed by atoms with Crippen molar-refractivity contribution in [1.82, 2.24) is 29.2 Å². The van der Waals surface area contributed by atoms with Gasteiger partial charge >= 0.3 is 0 Å². The summed E-state index contributed by atoms with van der Waals surface area (Å²) in [6.45, 7) is 4.63. The monoisotopic (exact) mass is 854 g/mol.